The van der Waals surface area contributed by atoms with E-state index in [4.69, 9.17) is 4.74 Å². The number of likely N-dealkylation sites (tertiary alicyclic amines) is 1. The Morgan fingerprint density at radius 1 is 1.45 bits per heavy atom. The van der Waals surface area contributed by atoms with Crippen molar-refractivity contribution in [2.24, 2.45) is 7.05 Å². The fourth-order valence-corrected chi connectivity index (χ4v) is 3.40. The van der Waals surface area contributed by atoms with E-state index >= 15 is 0 Å². The number of ether oxygens (including phenoxy) is 1. The molecule has 0 bridgehead atoms. The highest BCUT2D eigenvalue weighted by atomic mass is 16.5. The summed E-state index contributed by atoms with van der Waals surface area (Å²) in [6, 6.07) is 4.02. The van der Waals surface area contributed by atoms with Crippen molar-refractivity contribution in [3.05, 3.63) is 46.1 Å². The Morgan fingerprint density at radius 3 is 3.27 bits per heavy atom. The first-order chi connectivity index (χ1) is 10.7. The van der Waals surface area contributed by atoms with E-state index < -0.39 is 0 Å². The van der Waals surface area contributed by atoms with E-state index in [1.807, 2.05) is 16.8 Å². The summed E-state index contributed by atoms with van der Waals surface area (Å²) in [7, 11) is 1.79. The second kappa shape index (κ2) is 5.33. The van der Waals surface area contributed by atoms with Gasteiger partial charge in [-0.2, -0.15) is 0 Å². The van der Waals surface area contributed by atoms with Gasteiger partial charge < -0.3 is 9.30 Å². The van der Waals surface area contributed by atoms with Gasteiger partial charge in [-0.05, 0) is 12.5 Å². The van der Waals surface area contributed by atoms with Crippen LogP contribution in [0.4, 0.5) is 0 Å². The van der Waals surface area contributed by atoms with Crippen LogP contribution in [0.3, 0.4) is 0 Å². The summed E-state index contributed by atoms with van der Waals surface area (Å²) < 4.78 is 9.53. The zero-order valence-corrected chi connectivity index (χ0v) is 12.6. The van der Waals surface area contributed by atoms with Crippen molar-refractivity contribution >= 4 is 0 Å². The molecule has 1 fully saturated rings. The molecule has 7 heteroatoms. The first-order valence-corrected chi connectivity index (χ1v) is 7.60. The fourth-order valence-electron chi connectivity index (χ4n) is 3.40. The second-order valence-corrected chi connectivity index (χ2v) is 6.06. The predicted octanol–water partition coefficient (Wildman–Crippen LogP) is 0.323. The van der Waals surface area contributed by atoms with Gasteiger partial charge in [-0.25, -0.2) is 4.68 Å². The molecule has 0 aromatic carbocycles. The summed E-state index contributed by atoms with van der Waals surface area (Å²) in [5.74, 6) is 0. The molecule has 0 spiro atoms. The molecule has 0 N–H and O–H groups in total. The molecule has 22 heavy (non-hydrogen) atoms. The molecular weight excluding hydrogens is 282 g/mol. The van der Waals surface area contributed by atoms with Crippen molar-refractivity contribution in [2.45, 2.75) is 31.7 Å². The van der Waals surface area contributed by atoms with Gasteiger partial charge in [-0.3, -0.25) is 9.69 Å². The Labute approximate surface area is 128 Å². The normalized spacial score (nSPS) is 24.8. The quantitative estimate of drug-likeness (QED) is 0.799. The smallest absolute Gasteiger partial charge is 0.254 e. The molecular formula is C15H19N5O2. The summed E-state index contributed by atoms with van der Waals surface area (Å²) in [6.45, 7) is 3.02. The summed E-state index contributed by atoms with van der Waals surface area (Å²) in [5, 5.41) is 8.20. The first-order valence-electron chi connectivity index (χ1n) is 7.60. The van der Waals surface area contributed by atoms with Gasteiger partial charge in [0.1, 0.15) is 0 Å². The number of piperidine rings is 1. The molecule has 2 aromatic rings. The van der Waals surface area contributed by atoms with Crippen LogP contribution in [0.5, 0.6) is 0 Å². The molecule has 1 saturated heterocycles. The van der Waals surface area contributed by atoms with Crippen LogP contribution in [0.1, 0.15) is 23.7 Å². The van der Waals surface area contributed by atoms with Crippen molar-refractivity contribution in [3.63, 3.8) is 0 Å². The maximum absolute atomic E-state index is 12.2. The van der Waals surface area contributed by atoms with Gasteiger partial charge in [0, 0.05) is 38.4 Å². The molecule has 4 heterocycles. The third kappa shape index (κ3) is 2.26. The first kappa shape index (κ1) is 13.7. The van der Waals surface area contributed by atoms with Crippen LogP contribution in [0, 0.1) is 0 Å². The standard InChI is InChI=1S/C15H19N5O2/c1-18-5-2-3-11(15(18)21)8-19-6-4-14-13(9-19)20-12(10-22-14)7-16-17-20/h2-3,5,7,13-14H,4,6,8-10H2,1H3/t13-,14-/m0/s1. The average molecular weight is 301 g/mol. The van der Waals surface area contributed by atoms with E-state index in [2.05, 4.69) is 15.2 Å². The second-order valence-electron chi connectivity index (χ2n) is 6.06. The van der Waals surface area contributed by atoms with Gasteiger partial charge in [-0.1, -0.05) is 11.3 Å². The van der Waals surface area contributed by atoms with Crippen molar-refractivity contribution in [2.75, 3.05) is 13.1 Å². The Kier molecular flexibility index (Phi) is 3.31. The summed E-state index contributed by atoms with van der Waals surface area (Å²) >= 11 is 0. The van der Waals surface area contributed by atoms with E-state index in [-0.39, 0.29) is 17.7 Å². The van der Waals surface area contributed by atoms with Gasteiger partial charge >= 0.3 is 0 Å². The minimum absolute atomic E-state index is 0.0750. The predicted molar refractivity (Wildman–Crippen MR) is 79.2 cm³/mol. The number of aromatic nitrogens is 4. The Morgan fingerprint density at radius 2 is 2.36 bits per heavy atom. The zero-order valence-electron chi connectivity index (χ0n) is 12.6. The third-order valence-corrected chi connectivity index (χ3v) is 4.61. The third-order valence-electron chi connectivity index (χ3n) is 4.61. The van der Waals surface area contributed by atoms with E-state index in [1.54, 1.807) is 24.0 Å². The number of nitrogens with zero attached hydrogens (tertiary/aromatic N) is 5. The number of rotatable bonds is 2. The molecule has 2 aliphatic rings. The molecule has 0 radical (unpaired) electrons. The van der Waals surface area contributed by atoms with E-state index in [1.165, 1.54) is 0 Å². The number of pyridine rings is 1. The van der Waals surface area contributed by atoms with Crippen molar-refractivity contribution in [1.29, 1.82) is 0 Å². The topological polar surface area (TPSA) is 65.2 Å². The van der Waals surface area contributed by atoms with Crippen LogP contribution < -0.4 is 5.56 Å². The highest BCUT2D eigenvalue weighted by molar-refractivity contribution is 5.11. The summed E-state index contributed by atoms with van der Waals surface area (Å²) in [5.41, 5.74) is 1.93. The van der Waals surface area contributed by atoms with E-state index in [0.717, 1.165) is 30.8 Å². The molecule has 0 unspecified atom stereocenters. The Balaban J connectivity index is 1.54. The molecule has 2 aromatic heterocycles. The summed E-state index contributed by atoms with van der Waals surface area (Å²) in [6.07, 6.45) is 4.71. The SMILES string of the molecule is Cn1cccc(CN2CC[C@@H]3OCc4cnnn4[C@H]3C2)c1=O. The number of hydrogen-bond donors (Lipinski definition) is 0. The van der Waals surface area contributed by atoms with Crippen molar-refractivity contribution < 1.29 is 4.74 Å². The average Bonchev–Trinajstić information content (AvgIpc) is 3.01. The minimum Gasteiger partial charge on any atom is -0.370 e. The maximum Gasteiger partial charge on any atom is 0.254 e. The van der Waals surface area contributed by atoms with Gasteiger partial charge in [0.2, 0.25) is 0 Å². The summed E-state index contributed by atoms with van der Waals surface area (Å²) in [4.78, 5) is 14.5. The number of hydrogen-bond acceptors (Lipinski definition) is 5. The van der Waals surface area contributed by atoms with Crippen molar-refractivity contribution in [1.82, 2.24) is 24.5 Å². The molecule has 7 nitrogen and oxygen atoms in total. The lowest BCUT2D eigenvalue weighted by Crippen LogP contribution is -2.48. The Bertz CT molecular complexity index is 738. The van der Waals surface area contributed by atoms with Crippen LogP contribution in [-0.2, 0) is 24.9 Å². The van der Waals surface area contributed by atoms with Gasteiger partial charge in [0.15, 0.2) is 0 Å². The van der Waals surface area contributed by atoms with Crippen molar-refractivity contribution in [3.8, 4) is 0 Å². The maximum atomic E-state index is 12.2. The molecule has 0 aliphatic carbocycles. The van der Waals surface area contributed by atoms with Crippen LogP contribution in [0.25, 0.3) is 0 Å². The highest BCUT2D eigenvalue weighted by Gasteiger charge is 2.36. The molecule has 2 atom stereocenters. The lowest BCUT2D eigenvalue weighted by molar-refractivity contribution is -0.0670. The Hall–Kier alpha value is -1.99. The van der Waals surface area contributed by atoms with E-state index in [9.17, 15) is 4.79 Å². The number of aryl methyl sites for hydroxylation is 1. The van der Waals surface area contributed by atoms with E-state index in [0.29, 0.717) is 13.2 Å². The molecule has 4 rings (SSSR count). The van der Waals surface area contributed by atoms with Crippen LogP contribution in [-0.4, -0.2) is 43.7 Å². The lowest BCUT2D eigenvalue weighted by Gasteiger charge is -2.40. The zero-order chi connectivity index (χ0) is 15.1. The van der Waals surface area contributed by atoms with Gasteiger partial charge in [-0.15, -0.1) is 5.10 Å². The fraction of sp³-hybridized carbons (Fsp3) is 0.533. The van der Waals surface area contributed by atoms with Gasteiger partial charge in [0.05, 0.1) is 30.6 Å². The monoisotopic (exact) mass is 301 g/mol. The number of fused-ring (bicyclic) bond motifs is 3. The van der Waals surface area contributed by atoms with Crippen LogP contribution >= 0.6 is 0 Å². The minimum atomic E-state index is 0.0750. The highest BCUT2D eigenvalue weighted by Crippen LogP contribution is 2.30. The lowest BCUT2D eigenvalue weighted by atomic mass is 10.00. The molecule has 0 saturated carbocycles. The van der Waals surface area contributed by atoms with Crippen LogP contribution in [0.2, 0.25) is 0 Å². The van der Waals surface area contributed by atoms with Crippen LogP contribution in [0.15, 0.2) is 29.3 Å². The van der Waals surface area contributed by atoms with Gasteiger partial charge in [0.25, 0.3) is 5.56 Å². The molecule has 2 aliphatic heterocycles. The largest absolute Gasteiger partial charge is 0.370 e. The molecule has 116 valence electrons. The molecule has 0 amide bonds.